The number of nitrogens with zero attached hydrogens (tertiary/aromatic N) is 3. The standard InChI is InChI=1S/C33H47N3O2.C18H39N.C7H6F2.C7H13NO.C5H10.C4H10O.C3H8.C2H6/c1-12-15-30(38-11)31(26(9)23(6)14-3)25(8)20-27(19-24(7)22(5)13-2)32(37)35-33-34-28-17-16-21(4)18-29(28)36(33)10;1-6-10-11-16-19(15-8-3)18(12-7-2)14-13-17(5)9-4;1-5-2-6(8)4-7(9)3-5;1-3-4-5-6-7(9)8-2;1-2-4-5-3-1;1-3-4-5-2;1-3-2;1-2/h16-20,22H,8,12-15H2,1-7,9-11H3,(H,34,35,37);17-18H,6-16H2,1-5H3;2-4H,1H3;3H,1,4-6H2,2H3,(H,8,9);1-5H2;3-4H2,1-2H3;3H2,1-2H3;1-2H3/b24-19-,26-23-,27-20+,31-30+;;;;;;;. The van der Waals surface area contributed by atoms with E-state index in [0.717, 1.165) is 114 Å². The lowest BCUT2D eigenvalue weighted by atomic mass is 9.90. The predicted molar refractivity (Wildman–Crippen MR) is 393 cm³/mol. The van der Waals surface area contributed by atoms with E-state index < -0.39 is 11.6 Å². The first-order valence-electron chi connectivity index (χ1n) is 35.2. The Kier molecular flexibility index (Phi) is 61.0. The molecule has 0 spiro atoms. The number of carbonyl (C=O) groups excluding carboxylic acids is 2. The molecule has 11 heteroatoms. The van der Waals surface area contributed by atoms with Gasteiger partial charge in [0, 0.05) is 63.9 Å². The summed E-state index contributed by atoms with van der Waals surface area (Å²) in [6.45, 7) is 52.2. The van der Waals surface area contributed by atoms with E-state index in [1.807, 2.05) is 62.7 Å². The topological polar surface area (TPSA) is 97.7 Å². The number of ether oxygens (including phenoxy) is 2. The summed E-state index contributed by atoms with van der Waals surface area (Å²) in [6.07, 6.45) is 34.0. The molecular formula is C79H139F2N5O4. The highest BCUT2D eigenvalue weighted by atomic mass is 19.1. The Morgan fingerprint density at radius 1 is 0.744 bits per heavy atom. The zero-order chi connectivity index (χ0) is 69.4. The van der Waals surface area contributed by atoms with Crippen LogP contribution in [0.4, 0.5) is 14.7 Å². The molecule has 9 nitrogen and oxygen atoms in total. The van der Waals surface area contributed by atoms with Crippen LogP contribution in [0.25, 0.3) is 11.0 Å². The fraction of sp³-hybridized carbons (Fsp3) is 0.658. The molecule has 1 aliphatic rings. The van der Waals surface area contributed by atoms with E-state index in [4.69, 9.17) is 9.47 Å². The van der Waals surface area contributed by atoms with Crippen LogP contribution in [-0.2, 0) is 26.1 Å². The van der Waals surface area contributed by atoms with Gasteiger partial charge in [0.15, 0.2) is 0 Å². The summed E-state index contributed by atoms with van der Waals surface area (Å²) in [7, 11) is 7.00. The van der Waals surface area contributed by atoms with Crippen molar-refractivity contribution < 1.29 is 27.8 Å². The molecule has 2 aromatic carbocycles. The Morgan fingerprint density at radius 2 is 1.34 bits per heavy atom. The van der Waals surface area contributed by atoms with E-state index in [-0.39, 0.29) is 11.8 Å². The van der Waals surface area contributed by atoms with E-state index in [0.29, 0.717) is 29.4 Å². The van der Waals surface area contributed by atoms with Gasteiger partial charge >= 0.3 is 0 Å². The molecule has 3 atom stereocenters. The van der Waals surface area contributed by atoms with Crippen molar-refractivity contribution in [1.82, 2.24) is 19.8 Å². The van der Waals surface area contributed by atoms with Gasteiger partial charge in [-0.15, -0.1) is 6.58 Å². The third-order valence-corrected chi connectivity index (χ3v) is 15.6. The van der Waals surface area contributed by atoms with Crippen molar-refractivity contribution in [3.05, 3.63) is 130 Å². The molecule has 0 aliphatic heterocycles. The average molecular weight is 1260 g/mol. The van der Waals surface area contributed by atoms with E-state index in [1.165, 1.54) is 127 Å². The molecule has 0 radical (unpaired) electrons. The SMILES string of the molecule is C1CCCC1.C=C(/C=C(\C=C(\C)C(C)CC)C(=O)Nc1nc2ccc(C)cc2n1C)C(/C(C)=C(/C)CC)=C(/CCC)OC.C=CCCCC(=O)NC.CC.CCC.CCCCCN(CCC)C(CCC)CCC(C)CC.CCCOC.Cc1cc(F)cc(F)c1. The van der Waals surface area contributed by atoms with Crippen LogP contribution in [-0.4, -0.2) is 73.3 Å². The third kappa shape index (κ3) is 43.6. The lowest BCUT2D eigenvalue weighted by Gasteiger charge is -2.32. The Morgan fingerprint density at radius 3 is 1.79 bits per heavy atom. The molecule has 90 heavy (non-hydrogen) atoms. The zero-order valence-electron chi connectivity index (χ0n) is 62.5. The summed E-state index contributed by atoms with van der Waals surface area (Å²) in [5.74, 6) is 1.51. The second-order valence-corrected chi connectivity index (χ2v) is 23.8. The van der Waals surface area contributed by atoms with Crippen LogP contribution < -0.4 is 10.6 Å². The minimum atomic E-state index is -0.521. The first-order chi connectivity index (χ1) is 43.0. The maximum absolute atomic E-state index is 13.8. The number of methoxy groups -OCH3 is 2. The van der Waals surface area contributed by atoms with E-state index >= 15 is 0 Å². The van der Waals surface area contributed by atoms with Crippen LogP contribution in [0.15, 0.2) is 107 Å². The van der Waals surface area contributed by atoms with Gasteiger partial charge in [0.05, 0.1) is 18.1 Å². The highest BCUT2D eigenvalue weighted by molar-refractivity contribution is 6.06. The summed E-state index contributed by atoms with van der Waals surface area (Å²) in [4.78, 5) is 31.8. The van der Waals surface area contributed by atoms with Crippen molar-refractivity contribution in [2.24, 2.45) is 18.9 Å². The number of nitrogens with one attached hydrogen (secondary N) is 2. The third-order valence-electron chi connectivity index (χ3n) is 15.6. The molecule has 1 saturated carbocycles. The Labute approximate surface area is 554 Å². The van der Waals surface area contributed by atoms with Crippen LogP contribution >= 0.6 is 0 Å². The van der Waals surface area contributed by atoms with Crippen molar-refractivity contribution >= 4 is 28.8 Å². The molecule has 0 bridgehead atoms. The largest absolute Gasteiger partial charge is 0.500 e. The molecule has 2 amide bonds. The minimum Gasteiger partial charge on any atom is -0.500 e. The van der Waals surface area contributed by atoms with Gasteiger partial charge < -0.3 is 24.3 Å². The normalized spacial score (nSPS) is 13.2. The zero-order valence-corrected chi connectivity index (χ0v) is 62.5. The number of allylic oxidation sites excluding steroid dienone is 8. The minimum absolute atomic E-state index is 0.108. The first-order valence-corrected chi connectivity index (χ1v) is 35.2. The van der Waals surface area contributed by atoms with Gasteiger partial charge in [0.1, 0.15) is 17.4 Å². The number of aryl methyl sites for hydroxylation is 3. The Hall–Kier alpha value is -5.13. The average Bonchev–Trinajstić information content (AvgIpc) is 1.65. The van der Waals surface area contributed by atoms with Gasteiger partial charge in [-0.05, 0) is 183 Å². The molecular weight excluding hydrogens is 1120 g/mol. The summed E-state index contributed by atoms with van der Waals surface area (Å²) >= 11 is 0. The van der Waals surface area contributed by atoms with Crippen molar-refractivity contribution in [3.63, 3.8) is 0 Å². The second kappa shape index (κ2) is 60.1. The van der Waals surface area contributed by atoms with Crippen molar-refractivity contribution in [2.75, 3.05) is 46.3 Å². The van der Waals surface area contributed by atoms with Crippen molar-refractivity contribution in [1.29, 1.82) is 0 Å². The molecule has 1 aliphatic carbocycles. The van der Waals surface area contributed by atoms with Crippen LogP contribution in [0, 0.1) is 37.3 Å². The predicted octanol–water partition coefficient (Wildman–Crippen LogP) is 23.4. The molecule has 3 unspecified atom stereocenters. The van der Waals surface area contributed by atoms with E-state index in [2.05, 4.69) is 144 Å². The molecule has 1 fully saturated rings. The molecule has 1 aromatic heterocycles. The van der Waals surface area contributed by atoms with Gasteiger partial charge in [-0.25, -0.2) is 13.8 Å². The summed E-state index contributed by atoms with van der Waals surface area (Å²) < 4.78 is 36.8. The number of hydrogen-bond acceptors (Lipinski definition) is 6. The molecule has 2 N–H and O–H groups in total. The highest BCUT2D eigenvalue weighted by Gasteiger charge is 2.20. The number of amides is 2. The maximum atomic E-state index is 13.8. The molecule has 518 valence electrons. The molecule has 0 saturated heterocycles. The molecule has 4 rings (SSSR count). The number of anilines is 1. The number of aromatic nitrogens is 2. The summed E-state index contributed by atoms with van der Waals surface area (Å²) in [5, 5.41) is 5.61. The first kappa shape index (κ1) is 91.3. The monoisotopic (exact) mass is 1260 g/mol. The summed E-state index contributed by atoms with van der Waals surface area (Å²) in [5.41, 5.74) is 9.42. The Balaban J connectivity index is -0.000000582. The van der Waals surface area contributed by atoms with Gasteiger partial charge in [0.25, 0.3) is 5.91 Å². The second-order valence-electron chi connectivity index (χ2n) is 23.8. The molecule has 1 heterocycles. The lowest BCUT2D eigenvalue weighted by molar-refractivity contribution is -0.120. The number of fused-ring (bicyclic) bond motifs is 1. The van der Waals surface area contributed by atoms with E-state index in [9.17, 15) is 18.4 Å². The number of halogens is 2. The van der Waals surface area contributed by atoms with Gasteiger partial charge in [-0.1, -0.05) is 197 Å². The fourth-order valence-electron chi connectivity index (χ4n) is 9.56. The number of imidazole rings is 1. The number of benzene rings is 2. The molecule has 3 aromatic rings. The highest BCUT2D eigenvalue weighted by Crippen LogP contribution is 2.31. The fourth-order valence-corrected chi connectivity index (χ4v) is 9.56. The lowest BCUT2D eigenvalue weighted by Crippen LogP contribution is -2.37. The van der Waals surface area contributed by atoms with Crippen molar-refractivity contribution in [3.8, 4) is 0 Å². The number of rotatable bonds is 31. The van der Waals surface area contributed by atoms with Gasteiger partial charge in [0.2, 0.25) is 11.9 Å². The van der Waals surface area contributed by atoms with Crippen LogP contribution in [0.1, 0.15) is 277 Å². The van der Waals surface area contributed by atoms with Crippen molar-refractivity contribution in [2.45, 2.75) is 285 Å². The van der Waals surface area contributed by atoms with Crippen LogP contribution in [0.3, 0.4) is 0 Å². The van der Waals surface area contributed by atoms with Crippen LogP contribution in [0.5, 0.6) is 0 Å². The number of carbonyl (C=O) groups is 2. The number of hydrogen-bond donors (Lipinski definition) is 2. The number of unbranched alkanes of at least 4 members (excludes halogenated alkanes) is 3. The van der Waals surface area contributed by atoms with Crippen LogP contribution in [0.2, 0.25) is 0 Å². The van der Waals surface area contributed by atoms with Gasteiger partial charge in [-0.2, -0.15) is 0 Å². The smallest absolute Gasteiger partial charge is 0.257 e. The summed E-state index contributed by atoms with van der Waals surface area (Å²) in [6, 6.07) is 10.3. The quantitative estimate of drug-likeness (QED) is 0.0219. The van der Waals surface area contributed by atoms with Gasteiger partial charge in [-0.3, -0.25) is 14.9 Å². The maximum Gasteiger partial charge on any atom is 0.257 e. The Bertz CT molecular complexity index is 2390. The van der Waals surface area contributed by atoms with E-state index in [1.54, 1.807) is 28.2 Å².